The van der Waals surface area contributed by atoms with Crippen molar-refractivity contribution in [3.63, 3.8) is 0 Å². The summed E-state index contributed by atoms with van der Waals surface area (Å²) in [6, 6.07) is 1.37. The Morgan fingerprint density at radius 1 is 1.73 bits per heavy atom. The zero-order valence-corrected chi connectivity index (χ0v) is 8.27. The van der Waals surface area contributed by atoms with Gasteiger partial charge >= 0.3 is 12.0 Å². The molecule has 1 aromatic rings. The summed E-state index contributed by atoms with van der Waals surface area (Å²) in [5.41, 5.74) is 0.163. The molecule has 0 bridgehead atoms. The Bertz CT molecular complexity index is 357. The number of nitrogens with zero attached hydrogens (tertiary/aromatic N) is 2. The highest BCUT2D eigenvalue weighted by atomic mass is 19.1. The molecule has 82 valence electrons. The lowest BCUT2D eigenvalue weighted by molar-refractivity contribution is -0.649. The molecule has 0 amide bonds. The van der Waals surface area contributed by atoms with Crippen molar-refractivity contribution in [2.45, 2.75) is 19.8 Å². The Balaban J connectivity index is 2.58. The topological polar surface area (TPSA) is 66.1 Å². The van der Waals surface area contributed by atoms with Gasteiger partial charge in [-0.2, -0.15) is 0 Å². The molecule has 0 aliphatic heterocycles. The molecule has 0 N–H and O–H groups in total. The molecular weight excluding hydrogens is 203 g/mol. The largest absolute Gasteiger partial charge is 0.709 e. The van der Waals surface area contributed by atoms with E-state index in [4.69, 9.17) is 0 Å². The smallest absolute Gasteiger partial charge is 0.491 e. The van der Waals surface area contributed by atoms with Crippen LogP contribution in [0.5, 0.6) is 0 Å². The second-order valence-electron chi connectivity index (χ2n) is 2.80. The minimum atomic E-state index is -1.11. The lowest BCUT2D eigenvalue weighted by atomic mass is 10.2. The molecule has 0 radical (unpaired) electrons. The first-order valence-electron chi connectivity index (χ1n) is 4.53. The summed E-state index contributed by atoms with van der Waals surface area (Å²) in [5, 5.41) is 11.1. The Morgan fingerprint density at radius 2 is 2.47 bits per heavy atom. The number of esters is 1. The van der Waals surface area contributed by atoms with Crippen LogP contribution in [0, 0.1) is 11.3 Å². The van der Waals surface area contributed by atoms with Crippen molar-refractivity contribution in [1.82, 2.24) is 4.98 Å². The molecule has 0 unspecified atom stereocenters. The van der Waals surface area contributed by atoms with E-state index < -0.39 is 12.0 Å². The first-order valence-corrected chi connectivity index (χ1v) is 4.53. The number of aryl methyl sites for hydroxylation is 1. The third kappa shape index (κ3) is 3.16. The fraction of sp³-hybridized carbons (Fsp3) is 0.444. The van der Waals surface area contributed by atoms with Crippen LogP contribution < -0.4 is 4.73 Å². The zero-order valence-electron chi connectivity index (χ0n) is 8.27. The fourth-order valence-corrected chi connectivity index (χ4v) is 1.07. The van der Waals surface area contributed by atoms with E-state index in [2.05, 4.69) is 9.72 Å². The number of carbonyl (C=O) groups is 1. The van der Waals surface area contributed by atoms with Crippen molar-refractivity contribution in [3.8, 4) is 0 Å². The van der Waals surface area contributed by atoms with Crippen LogP contribution in [0.1, 0.15) is 19.0 Å². The first-order chi connectivity index (χ1) is 7.15. The first kappa shape index (κ1) is 11.4. The maximum atomic E-state index is 12.7. The van der Waals surface area contributed by atoms with Crippen molar-refractivity contribution < 1.29 is 18.7 Å². The summed E-state index contributed by atoms with van der Waals surface area (Å²) in [5.74, 6) is -0.408. The van der Waals surface area contributed by atoms with E-state index in [1.807, 2.05) is 0 Å². The Morgan fingerprint density at radius 3 is 3.13 bits per heavy atom. The normalized spacial score (nSPS) is 10.0. The van der Waals surface area contributed by atoms with Gasteiger partial charge in [0.15, 0.2) is 0 Å². The lowest BCUT2D eigenvalue weighted by Gasteiger charge is -2.07. The Hall–Kier alpha value is -1.72. The van der Waals surface area contributed by atoms with E-state index in [0.29, 0.717) is 6.61 Å². The molecule has 1 heterocycles. The van der Waals surface area contributed by atoms with Gasteiger partial charge in [0.2, 0.25) is 0 Å². The van der Waals surface area contributed by atoms with Gasteiger partial charge in [0.1, 0.15) is 11.9 Å². The summed E-state index contributed by atoms with van der Waals surface area (Å²) >= 11 is 0. The van der Waals surface area contributed by atoms with Crippen molar-refractivity contribution in [3.05, 3.63) is 29.2 Å². The van der Waals surface area contributed by atoms with Crippen LogP contribution in [0.25, 0.3) is 0 Å². The molecule has 0 atom stereocenters. The molecule has 5 nitrogen and oxygen atoms in total. The van der Waals surface area contributed by atoms with Gasteiger partial charge in [-0.25, -0.2) is 4.73 Å². The molecule has 0 aliphatic carbocycles. The second-order valence-corrected chi connectivity index (χ2v) is 2.80. The van der Waals surface area contributed by atoms with Crippen LogP contribution in [0.4, 0.5) is 4.39 Å². The van der Waals surface area contributed by atoms with E-state index in [-0.39, 0.29) is 23.3 Å². The molecule has 0 saturated heterocycles. The number of halogens is 1. The van der Waals surface area contributed by atoms with Gasteiger partial charge in [-0.05, 0) is 11.9 Å². The van der Waals surface area contributed by atoms with Crippen LogP contribution in [0.15, 0.2) is 12.3 Å². The molecule has 0 aromatic carbocycles. The summed E-state index contributed by atoms with van der Waals surface area (Å²) in [7, 11) is 0. The summed E-state index contributed by atoms with van der Waals surface area (Å²) < 4.78 is 17.4. The van der Waals surface area contributed by atoms with Gasteiger partial charge in [-0.1, -0.05) is 0 Å². The van der Waals surface area contributed by atoms with Crippen molar-refractivity contribution in [1.29, 1.82) is 0 Å². The highest BCUT2D eigenvalue weighted by Crippen LogP contribution is 1.98. The van der Waals surface area contributed by atoms with Crippen LogP contribution in [0.2, 0.25) is 0 Å². The van der Waals surface area contributed by atoms with Gasteiger partial charge in [0.05, 0.1) is 13.0 Å². The highest BCUT2D eigenvalue weighted by molar-refractivity contribution is 5.69. The molecule has 1 aromatic heterocycles. The predicted molar refractivity (Wildman–Crippen MR) is 48.1 cm³/mol. The molecule has 6 heteroatoms. The number of carbonyl (C=O) groups excluding carboxylic acids is 1. The fourth-order valence-electron chi connectivity index (χ4n) is 1.07. The number of hydrogen-bond acceptors (Lipinski definition) is 4. The van der Waals surface area contributed by atoms with E-state index in [1.165, 1.54) is 12.3 Å². The molecular formula is C9H11FN2O3. The lowest BCUT2D eigenvalue weighted by Crippen LogP contribution is -2.37. The highest BCUT2D eigenvalue weighted by Gasteiger charge is 2.11. The number of hydrogen-bond donors (Lipinski definition) is 0. The van der Waals surface area contributed by atoms with Crippen LogP contribution in [-0.2, 0) is 16.0 Å². The Labute approximate surface area is 86.1 Å². The Kier molecular flexibility index (Phi) is 3.96. The third-order valence-electron chi connectivity index (χ3n) is 1.77. The van der Waals surface area contributed by atoms with E-state index >= 15 is 0 Å². The van der Waals surface area contributed by atoms with Crippen LogP contribution >= 0.6 is 0 Å². The molecule has 0 saturated carbocycles. The third-order valence-corrected chi connectivity index (χ3v) is 1.77. The summed E-state index contributed by atoms with van der Waals surface area (Å²) in [4.78, 5) is 14.1. The number of ether oxygens (including phenoxy) is 1. The van der Waals surface area contributed by atoms with Crippen LogP contribution in [-0.4, -0.2) is 17.6 Å². The monoisotopic (exact) mass is 214 g/mol. The second kappa shape index (κ2) is 5.23. The molecule has 0 fully saturated rings. The summed E-state index contributed by atoms with van der Waals surface area (Å²) in [6.45, 7) is 1.98. The predicted octanol–water partition coefficient (Wildman–Crippen LogP) is 0.350. The van der Waals surface area contributed by atoms with Gasteiger partial charge < -0.3 is 9.94 Å². The minimum Gasteiger partial charge on any atom is -0.709 e. The van der Waals surface area contributed by atoms with Crippen molar-refractivity contribution >= 4 is 5.97 Å². The van der Waals surface area contributed by atoms with E-state index in [1.54, 1.807) is 6.92 Å². The van der Waals surface area contributed by atoms with E-state index in [0.717, 1.165) is 0 Å². The molecule has 15 heavy (non-hydrogen) atoms. The quantitative estimate of drug-likeness (QED) is 0.314. The average molecular weight is 214 g/mol. The van der Waals surface area contributed by atoms with Gasteiger partial charge in [-0.3, -0.25) is 4.79 Å². The molecule has 0 spiro atoms. The SMILES string of the molecule is CCOC(=O)CCc1ccnc(F)[n+]1[O-]. The van der Waals surface area contributed by atoms with Gasteiger partial charge in [-0.15, -0.1) is 4.39 Å². The molecule has 0 aliphatic rings. The van der Waals surface area contributed by atoms with Crippen LogP contribution in [0.3, 0.4) is 0 Å². The standard InChI is InChI=1S/C9H11FN2O3/c1-2-15-8(13)4-3-7-5-6-11-9(10)12(7)14/h5-6H,2-4H2,1H3. The zero-order chi connectivity index (χ0) is 11.3. The number of rotatable bonds is 4. The minimum absolute atomic E-state index is 0.0551. The maximum Gasteiger partial charge on any atom is 0.491 e. The van der Waals surface area contributed by atoms with Crippen molar-refractivity contribution in [2.75, 3.05) is 6.61 Å². The molecule has 1 rings (SSSR count). The summed E-state index contributed by atoms with van der Waals surface area (Å²) in [6.07, 6.45) is 0.266. The van der Waals surface area contributed by atoms with E-state index in [9.17, 15) is 14.4 Å². The maximum absolute atomic E-state index is 12.7. The average Bonchev–Trinajstić information content (AvgIpc) is 2.21. The van der Waals surface area contributed by atoms with Gasteiger partial charge in [0.25, 0.3) is 0 Å². The van der Waals surface area contributed by atoms with Crippen molar-refractivity contribution in [2.24, 2.45) is 0 Å². The van der Waals surface area contributed by atoms with Gasteiger partial charge in [0, 0.05) is 12.5 Å². The number of aromatic nitrogens is 2.